The highest BCUT2D eigenvalue weighted by Crippen LogP contribution is 2.44. The standard InChI is InChI=1S/C20H30N2O4/c1-14(15-11-16(24-2)19(26-4)17(12-15)25-3)22-13-20(6-5-18(22)23)7-9-21-10-8-20/h11-12,14,21H,5-10,13H2,1-4H3. The third-order valence-corrected chi connectivity index (χ3v) is 6.00. The molecule has 6 nitrogen and oxygen atoms in total. The van der Waals surface area contributed by atoms with Crippen LogP contribution in [-0.2, 0) is 4.79 Å². The third-order valence-electron chi connectivity index (χ3n) is 6.00. The molecule has 1 spiro atoms. The number of benzene rings is 1. The highest BCUT2D eigenvalue weighted by molar-refractivity contribution is 5.78. The average molecular weight is 362 g/mol. The van der Waals surface area contributed by atoms with E-state index in [1.165, 1.54) is 0 Å². The van der Waals surface area contributed by atoms with Gasteiger partial charge in [-0.05, 0) is 62.4 Å². The van der Waals surface area contributed by atoms with E-state index in [4.69, 9.17) is 14.2 Å². The summed E-state index contributed by atoms with van der Waals surface area (Å²) in [5.41, 5.74) is 1.26. The molecule has 1 N–H and O–H groups in total. The Kier molecular flexibility index (Phi) is 5.61. The molecule has 6 heteroatoms. The van der Waals surface area contributed by atoms with Gasteiger partial charge in [0, 0.05) is 13.0 Å². The fraction of sp³-hybridized carbons (Fsp3) is 0.650. The lowest BCUT2D eigenvalue weighted by Gasteiger charge is -2.47. The number of amides is 1. The average Bonchev–Trinajstić information content (AvgIpc) is 2.69. The number of nitrogens with one attached hydrogen (secondary N) is 1. The normalized spacial score (nSPS) is 20.8. The Bertz CT molecular complexity index is 630. The van der Waals surface area contributed by atoms with E-state index < -0.39 is 0 Å². The summed E-state index contributed by atoms with van der Waals surface area (Å²) in [6.07, 6.45) is 3.91. The van der Waals surface area contributed by atoms with Crippen LogP contribution in [0.25, 0.3) is 0 Å². The highest BCUT2D eigenvalue weighted by Gasteiger charge is 2.41. The Morgan fingerprint density at radius 2 is 1.65 bits per heavy atom. The second kappa shape index (κ2) is 7.74. The molecule has 0 bridgehead atoms. The van der Waals surface area contributed by atoms with E-state index in [-0.39, 0.29) is 17.4 Å². The number of hydrogen-bond donors (Lipinski definition) is 1. The molecule has 144 valence electrons. The molecule has 2 heterocycles. The van der Waals surface area contributed by atoms with Crippen molar-refractivity contribution in [3.05, 3.63) is 17.7 Å². The molecule has 1 atom stereocenters. The van der Waals surface area contributed by atoms with Crippen molar-refractivity contribution in [3.8, 4) is 17.2 Å². The summed E-state index contributed by atoms with van der Waals surface area (Å²) in [6, 6.07) is 3.86. The Hall–Kier alpha value is -1.95. The van der Waals surface area contributed by atoms with E-state index >= 15 is 0 Å². The first-order valence-corrected chi connectivity index (χ1v) is 9.33. The van der Waals surface area contributed by atoms with Gasteiger partial charge in [-0.25, -0.2) is 0 Å². The number of piperidine rings is 2. The Morgan fingerprint density at radius 3 is 2.19 bits per heavy atom. The quantitative estimate of drug-likeness (QED) is 0.873. The first kappa shape index (κ1) is 18.8. The monoisotopic (exact) mass is 362 g/mol. The Morgan fingerprint density at radius 1 is 1.04 bits per heavy atom. The summed E-state index contributed by atoms with van der Waals surface area (Å²) >= 11 is 0. The molecule has 0 radical (unpaired) electrons. The van der Waals surface area contributed by atoms with Crippen LogP contribution in [0.1, 0.15) is 44.2 Å². The summed E-state index contributed by atoms with van der Waals surface area (Å²) in [5.74, 6) is 2.05. The minimum absolute atomic E-state index is 0.0386. The van der Waals surface area contributed by atoms with E-state index in [0.29, 0.717) is 23.7 Å². The van der Waals surface area contributed by atoms with Crippen LogP contribution in [0.4, 0.5) is 0 Å². The molecule has 2 saturated heterocycles. The van der Waals surface area contributed by atoms with Crippen molar-refractivity contribution in [1.82, 2.24) is 10.2 Å². The number of ether oxygens (including phenoxy) is 3. The van der Waals surface area contributed by atoms with Crippen molar-refractivity contribution in [2.24, 2.45) is 5.41 Å². The van der Waals surface area contributed by atoms with Crippen molar-refractivity contribution >= 4 is 5.91 Å². The van der Waals surface area contributed by atoms with Crippen LogP contribution in [-0.4, -0.2) is 51.8 Å². The molecule has 1 aromatic carbocycles. The van der Waals surface area contributed by atoms with Gasteiger partial charge >= 0.3 is 0 Å². The first-order chi connectivity index (χ1) is 12.5. The Labute approximate surface area is 155 Å². The van der Waals surface area contributed by atoms with Gasteiger partial charge < -0.3 is 24.4 Å². The largest absolute Gasteiger partial charge is 0.493 e. The van der Waals surface area contributed by atoms with Crippen LogP contribution >= 0.6 is 0 Å². The van der Waals surface area contributed by atoms with Gasteiger partial charge in [-0.1, -0.05) is 0 Å². The van der Waals surface area contributed by atoms with Gasteiger partial charge in [0.15, 0.2) is 11.5 Å². The lowest BCUT2D eigenvalue weighted by Crippen LogP contribution is -2.51. The van der Waals surface area contributed by atoms with Crippen molar-refractivity contribution < 1.29 is 19.0 Å². The van der Waals surface area contributed by atoms with Crippen LogP contribution in [0.15, 0.2) is 12.1 Å². The van der Waals surface area contributed by atoms with E-state index in [1.54, 1.807) is 21.3 Å². The van der Waals surface area contributed by atoms with Gasteiger partial charge in [-0.3, -0.25) is 4.79 Å². The number of carbonyl (C=O) groups is 1. The molecular weight excluding hydrogens is 332 g/mol. The van der Waals surface area contributed by atoms with Gasteiger partial charge in [0.05, 0.1) is 27.4 Å². The zero-order chi connectivity index (χ0) is 18.7. The molecule has 3 rings (SSSR count). The summed E-state index contributed by atoms with van der Waals surface area (Å²) in [5, 5.41) is 3.44. The first-order valence-electron chi connectivity index (χ1n) is 9.33. The molecule has 0 aliphatic carbocycles. The smallest absolute Gasteiger partial charge is 0.223 e. The van der Waals surface area contributed by atoms with Crippen molar-refractivity contribution in [2.45, 2.75) is 38.6 Å². The van der Waals surface area contributed by atoms with Gasteiger partial charge in [-0.15, -0.1) is 0 Å². The van der Waals surface area contributed by atoms with Crippen LogP contribution in [0.3, 0.4) is 0 Å². The molecule has 2 fully saturated rings. The maximum Gasteiger partial charge on any atom is 0.223 e. The van der Waals surface area contributed by atoms with Gasteiger partial charge in [-0.2, -0.15) is 0 Å². The number of likely N-dealkylation sites (tertiary alicyclic amines) is 1. The van der Waals surface area contributed by atoms with Gasteiger partial charge in [0.1, 0.15) is 0 Å². The zero-order valence-electron chi connectivity index (χ0n) is 16.3. The zero-order valence-corrected chi connectivity index (χ0v) is 16.3. The van der Waals surface area contributed by atoms with Crippen LogP contribution in [0.2, 0.25) is 0 Å². The summed E-state index contributed by atoms with van der Waals surface area (Å²) in [6.45, 7) is 4.99. The number of hydrogen-bond acceptors (Lipinski definition) is 5. The number of nitrogens with zero attached hydrogens (tertiary/aromatic N) is 1. The van der Waals surface area contributed by atoms with Crippen LogP contribution in [0.5, 0.6) is 17.2 Å². The molecule has 1 aromatic rings. The van der Waals surface area contributed by atoms with E-state index in [1.807, 2.05) is 17.0 Å². The second-order valence-electron chi connectivity index (χ2n) is 7.41. The fourth-order valence-electron chi connectivity index (χ4n) is 4.28. The SMILES string of the molecule is COc1cc(C(C)N2CC3(CCNCC3)CCC2=O)cc(OC)c1OC. The maximum atomic E-state index is 12.7. The second-order valence-corrected chi connectivity index (χ2v) is 7.41. The predicted molar refractivity (Wildman–Crippen MR) is 100.0 cm³/mol. The lowest BCUT2D eigenvalue weighted by atomic mass is 9.72. The molecule has 0 saturated carbocycles. The van der Waals surface area contributed by atoms with Crippen molar-refractivity contribution in [1.29, 1.82) is 0 Å². The number of rotatable bonds is 5. The molecule has 2 aliphatic rings. The maximum absolute atomic E-state index is 12.7. The van der Waals surface area contributed by atoms with E-state index in [2.05, 4.69) is 12.2 Å². The summed E-state index contributed by atoms with van der Waals surface area (Å²) in [7, 11) is 4.82. The van der Waals surface area contributed by atoms with E-state index in [9.17, 15) is 4.79 Å². The lowest BCUT2D eigenvalue weighted by molar-refractivity contribution is -0.141. The Balaban J connectivity index is 1.89. The third kappa shape index (κ3) is 3.47. The van der Waals surface area contributed by atoms with Crippen LogP contribution in [0, 0.1) is 5.41 Å². The van der Waals surface area contributed by atoms with Gasteiger partial charge in [0.2, 0.25) is 11.7 Å². The topological polar surface area (TPSA) is 60.0 Å². The van der Waals surface area contributed by atoms with Crippen molar-refractivity contribution in [2.75, 3.05) is 41.0 Å². The molecule has 26 heavy (non-hydrogen) atoms. The van der Waals surface area contributed by atoms with Crippen LogP contribution < -0.4 is 19.5 Å². The fourth-order valence-corrected chi connectivity index (χ4v) is 4.28. The molecule has 2 aliphatic heterocycles. The molecule has 1 unspecified atom stereocenters. The van der Waals surface area contributed by atoms with E-state index in [0.717, 1.165) is 44.5 Å². The predicted octanol–water partition coefficient (Wildman–Crippen LogP) is 2.77. The van der Waals surface area contributed by atoms with Crippen molar-refractivity contribution in [3.63, 3.8) is 0 Å². The molecule has 0 aromatic heterocycles. The molecule has 1 amide bonds. The number of carbonyl (C=O) groups excluding carboxylic acids is 1. The minimum atomic E-state index is -0.0386. The summed E-state index contributed by atoms with van der Waals surface area (Å²) < 4.78 is 16.4. The minimum Gasteiger partial charge on any atom is -0.493 e. The number of methoxy groups -OCH3 is 3. The summed E-state index contributed by atoms with van der Waals surface area (Å²) in [4.78, 5) is 14.7. The molecular formula is C20H30N2O4. The van der Waals surface area contributed by atoms with Gasteiger partial charge in [0.25, 0.3) is 0 Å². The highest BCUT2D eigenvalue weighted by atomic mass is 16.5.